The van der Waals surface area contributed by atoms with E-state index in [0.717, 1.165) is 20.7 Å². The summed E-state index contributed by atoms with van der Waals surface area (Å²) < 4.78 is 4.24. The highest BCUT2D eigenvalue weighted by Gasteiger charge is 2.23. The van der Waals surface area contributed by atoms with Crippen LogP contribution in [0.15, 0.2) is 86.7 Å². The molecule has 186 valence electrons. The van der Waals surface area contributed by atoms with E-state index in [1.54, 1.807) is 11.0 Å². The Morgan fingerprint density at radius 3 is 2.36 bits per heavy atom. The summed E-state index contributed by atoms with van der Waals surface area (Å²) in [5, 5.41) is 4.60. The van der Waals surface area contributed by atoms with Gasteiger partial charge in [0.05, 0.1) is 12.2 Å². The van der Waals surface area contributed by atoms with Gasteiger partial charge in [-0.2, -0.15) is 5.10 Å². The van der Waals surface area contributed by atoms with Crippen LogP contribution in [-0.4, -0.2) is 28.9 Å². The number of rotatable bonds is 6. The molecular formula is C26H29N7O2S. The smallest absolute Gasteiger partial charge is 0.332 e. The number of hydrogen-bond donors (Lipinski definition) is 1. The molecule has 4 rings (SSSR count). The average molecular weight is 504 g/mol. The van der Waals surface area contributed by atoms with E-state index in [-0.39, 0.29) is 16.8 Å². The number of thioether (sulfide) groups is 1. The predicted molar refractivity (Wildman–Crippen MR) is 144 cm³/mol. The molecule has 0 radical (unpaired) electrons. The van der Waals surface area contributed by atoms with Crippen LogP contribution in [0, 0.1) is 5.41 Å². The van der Waals surface area contributed by atoms with Crippen molar-refractivity contribution in [1.82, 2.24) is 23.9 Å². The Morgan fingerprint density at radius 2 is 1.75 bits per heavy atom. The lowest BCUT2D eigenvalue weighted by molar-refractivity contribution is 0.334. The maximum atomic E-state index is 13.3. The van der Waals surface area contributed by atoms with Gasteiger partial charge in [-0.25, -0.2) is 14.5 Å². The van der Waals surface area contributed by atoms with Crippen molar-refractivity contribution >= 4 is 22.6 Å². The molecule has 10 heteroatoms. The second kappa shape index (κ2) is 10.4. The van der Waals surface area contributed by atoms with E-state index in [0.29, 0.717) is 18.1 Å². The van der Waals surface area contributed by atoms with Gasteiger partial charge in [0, 0.05) is 18.5 Å². The standard InChI is InChI=1S/C26H29N7O2S/c1-26(2,3)15-32-22(27)21(24(34)31(4)25(32)35)23(36-20-8-6-5-7-9-20)29-14-18-10-12-19(13-11-18)33-17-28-16-30-33/h5-13,16-17H,14-15,27H2,1-4H3. The SMILES string of the molecule is Cn1c(=O)c(C(=NCc2ccc(-n3cncn3)cc2)Sc2ccccc2)c(N)n(CC(C)(C)C)c1=O. The van der Waals surface area contributed by atoms with Crippen molar-refractivity contribution in [2.45, 2.75) is 38.8 Å². The molecular weight excluding hydrogens is 474 g/mol. The zero-order valence-electron chi connectivity index (χ0n) is 20.8. The van der Waals surface area contributed by atoms with E-state index >= 15 is 0 Å². The number of hydrogen-bond acceptors (Lipinski definition) is 7. The van der Waals surface area contributed by atoms with Crippen molar-refractivity contribution in [2.24, 2.45) is 17.5 Å². The number of aliphatic imine (C=N–C) groups is 1. The number of nitrogen functional groups attached to an aromatic ring is 1. The Kier molecular flexibility index (Phi) is 7.25. The maximum Gasteiger partial charge on any atom is 0.332 e. The van der Waals surface area contributed by atoms with Crippen molar-refractivity contribution in [3.05, 3.63) is 99.2 Å². The number of benzene rings is 2. The van der Waals surface area contributed by atoms with Gasteiger partial charge < -0.3 is 5.73 Å². The molecule has 0 saturated carbocycles. The molecule has 0 unspecified atom stereocenters. The summed E-state index contributed by atoms with van der Waals surface area (Å²) in [6, 6.07) is 17.4. The van der Waals surface area contributed by atoms with Gasteiger partial charge in [0.2, 0.25) is 0 Å². The summed E-state index contributed by atoms with van der Waals surface area (Å²) in [7, 11) is 1.47. The van der Waals surface area contributed by atoms with E-state index in [1.807, 2.05) is 75.4 Å². The van der Waals surface area contributed by atoms with Crippen LogP contribution >= 0.6 is 11.8 Å². The summed E-state index contributed by atoms with van der Waals surface area (Å²) in [6.07, 6.45) is 3.11. The molecule has 0 aliphatic heterocycles. The fraction of sp³-hybridized carbons (Fsp3) is 0.269. The van der Waals surface area contributed by atoms with E-state index in [1.165, 1.54) is 29.7 Å². The molecule has 36 heavy (non-hydrogen) atoms. The molecule has 0 amide bonds. The molecule has 9 nitrogen and oxygen atoms in total. The molecule has 2 heterocycles. The molecule has 2 N–H and O–H groups in total. The molecule has 0 aliphatic carbocycles. The third kappa shape index (κ3) is 5.65. The first kappa shape index (κ1) is 25.2. The van der Waals surface area contributed by atoms with Gasteiger partial charge in [-0.05, 0) is 35.2 Å². The monoisotopic (exact) mass is 503 g/mol. The predicted octanol–water partition coefficient (Wildman–Crippen LogP) is 3.50. The molecule has 0 aliphatic rings. The minimum Gasteiger partial charge on any atom is -0.384 e. The van der Waals surface area contributed by atoms with Gasteiger partial charge in [0.15, 0.2) is 0 Å². The van der Waals surface area contributed by atoms with Crippen LogP contribution in [0.5, 0.6) is 0 Å². The molecule has 0 atom stereocenters. The Balaban J connectivity index is 1.78. The molecule has 0 spiro atoms. The normalized spacial score (nSPS) is 12.2. The summed E-state index contributed by atoms with van der Waals surface area (Å²) in [5.74, 6) is 0.127. The quantitative estimate of drug-likeness (QED) is 0.245. The van der Waals surface area contributed by atoms with Crippen LogP contribution < -0.4 is 17.0 Å². The Labute approximate surface area is 213 Å². The minimum atomic E-state index is -0.466. The largest absolute Gasteiger partial charge is 0.384 e. The Bertz CT molecular complexity index is 1480. The van der Waals surface area contributed by atoms with Crippen LogP contribution in [-0.2, 0) is 20.1 Å². The third-order valence-electron chi connectivity index (χ3n) is 5.41. The highest BCUT2D eigenvalue weighted by atomic mass is 32.2. The lowest BCUT2D eigenvalue weighted by atomic mass is 9.97. The van der Waals surface area contributed by atoms with Crippen LogP contribution in [0.1, 0.15) is 31.9 Å². The fourth-order valence-corrected chi connectivity index (χ4v) is 4.57. The highest BCUT2D eigenvalue weighted by molar-refractivity contribution is 8.14. The van der Waals surface area contributed by atoms with Gasteiger partial charge in [-0.1, -0.05) is 62.9 Å². The maximum absolute atomic E-state index is 13.3. The average Bonchev–Trinajstić information content (AvgIpc) is 3.39. The van der Waals surface area contributed by atoms with Gasteiger partial charge in [0.25, 0.3) is 5.56 Å². The first-order valence-corrected chi connectivity index (χ1v) is 12.3. The summed E-state index contributed by atoms with van der Waals surface area (Å²) in [5.41, 5.74) is 7.43. The molecule has 2 aromatic heterocycles. The zero-order valence-corrected chi connectivity index (χ0v) is 21.6. The van der Waals surface area contributed by atoms with Crippen molar-refractivity contribution < 1.29 is 0 Å². The number of anilines is 1. The van der Waals surface area contributed by atoms with Crippen molar-refractivity contribution in [3.63, 3.8) is 0 Å². The van der Waals surface area contributed by atoms with Crippen LogP contribution in [0.2, 0.25) is 0 Å². The highest BCUT2D eigenvalue weighted by Crippen LogP contribution is 2.26. The van der Waals surface area contributed by atoms with Crippen LogP contribution in [0.25, 0.3) is 5.69 Å². The van der Waals surface area contributed by atoms with Gasteiger partial charge in [0.1, 0.15) is 29.1 Å². The number of nitrogens with zero attached hydrogens (tertiary/aromatic N) is 6. The fourth-order valence-electron chi connectivity index (χ4n) is 3.63. The molecule has 0 fully saturated rings. The van der Waals surface area contributed by atoms with Crippen molar-refractivity contribution in [2.75, 3.05) is 5.73 Å². The molecule has 4 aromatic rings. The zero-order chi connectivity index (χ0) is 25.9. The first-order chi connectivity index (χ1) is 17.1. The third-order valence-corrected chi connectivity index (χ3v) is 6.45. The lowest BCUT2D eigenvalue weighted by Crippen LogP contribution is -2.43. The number of aromatic nitrogens is 5. The van der Waals surface area contributed by atoms with E-state index in [4.69, 9.17) is 10.7 Å². The van der Waals surface area contributed by atoms with Crippen LogP contribution in [0.3, 0.4) is 0 Å². The van der Waals surface area contributed by atoms with Gasteiger partial charge in [-0.15, -0.1) is 0 Å². The Hall–Kier alpha value is -3.92. The van der Waals surface area contributed by atoms with Gasteiger partial charge in [-0.3, -0.25) is 18.9 Å². The first-order valence-electron chi connectivity index (χ1n) is 11.4. The van der Waals surface area contributed by atoms with Gasteiger partial charge >= 0.3 is 5.69 Å². The minimum absolute atomic E-state index is 0.127. The van der Waals surface area contributed by atoms with Crippen molar-refractivity contribution in [3.8, 4) is 5.69 Å². The molecule has 0 bridgehead atoms. The van der Waals surface area contributed by atoms with Crippen molar-refractivity contribution in [1.29, 1.82) is 0 Å². The summed E-state index contributed by atoms with van der Waals surface area (Å²) in [6.45, 7) is 6.74. The molecule has 2 aromatic carbocycles. The number of nitrogens with two attached hydrogens (primary N) is 1. The van der Waals surface area contributed by atoms with E-state index < -0.39 is 11.2 Å². The lowest BCUT2D eigenvalue weighted by Gasteiger charge is -2.23. The Morgan fingerprint density at radius 1 is 1.06 bits per heavy atom. The molecule has 0 saturated heterocycles. The second-order valence-electron chi connectivity index (χ2n) is 9.60. The topological polar surface area (TPSA) is 113 Å². The second-order valence-corrected chi connectivity index (χ2v) is 10.7. The van der Waals surface area contributed by atoms with Crippen LogP contribution in [0.4, 0.5) is 5.82 Å². The summed E-state index contributed by atoms with van der Waals surface area (Å²) >= 11 is 1.35. The van der Waals surface area contributed by atoms with E-state index in [9.17, 15) is 9.59 Å². The van der Waals surface area contributed by atoms with E-state index in [2.05, 4.69) is 10.1 Å². The summed E-state index contributed by atoms with van der Waals surface area (Å²) in [4.78, 5) is 35.9.